The van der Waals surface area contributed by atoms with E-state index < -0.39 is 11.4 Å². The molecule has 4 aromatic rings. The molecule has 0 saturated heterocycles. The number of fused-ring (bicyclic) bond motifs is 2. The average molecular weight is 629 g/mol. The molecule has 0 bridgehead atoms. The maximum atomic E-state index is 11.4. The molecule has 0 heterocycles. The minimum absolute atomic E-state index is 0.144. The number of esters is 1. The highest BCUT2D eigenvalue weighted by Crippen LogP contribution is 2.48. The number of ether oxygens (including phenoxy) is 4. The van der Waals surface area contributed by atoms with Crippen LogP contribution in [-0.2, 0) is 30.9 Å². The van der Waals surface area contributed by atoms with Crippen LogP contribution in [0.15, 0.2) is 141 Å². The molecule has 0 aromatic heterocycles. The molecule has 4 aromatic carbocycles. The van der Waals surface area contributed by atoms with Gasteiger partial charge in [-0.1, -0.05) is 105 Å². The summed E-state index contributed by atoms with van der Waals surface area (Å²) in [6, 6.07) is 33.5. The van der Waals surface area contributed by atoms with Crippen LogP contribution in [0, 0.1) is 0 Å². The summed E-state index contributed by atoms with van der Waals surface area (Å²) in [4.78, 5) is 20.4. The van der Waals surface area contributed by atoms with Crippen LogP contribution in [0.2, 0.25) is 0 Å². The highest BCUT2D eigenvalue weighted by atomic mass is 16.6. The molecule has 0 amide bonds. The zero-order valence-corrected chi connectivity index (χ0v) is 26.7. The van der Waals surface area contributed by atoms with Crippen LogP contribution in [0.25, 0.3) is 6.08 Å². The summed E-state index contributed by atoms with van der Waals surface area (Å²) in [6.45, 7) is 12.6. The number of rotatable bonds is 12. The van der Waals surface area contributed by atoms with Crippen molar-refractivity contribution in [3.63, 3.8) is 0 Å². The van der Waals surface area contributed by atoms with E-state index in [0.717, 1.165) is 34.9 Å². The van der Waals surface area contributed by atoms with Crippen LogP contribution < -0.4 is 9.47 Å². The molecule has 6 heteroatoms. The maximum absolute atomic E-state index is 11.4. The van der Waals surface area contributed by atoms with E-state index in [-0.39, 0.29) is 13.2 Å². The predicted molar refractivity (Wildman–Crippen MR) is 187 cm³/mol. The van der Waals surface area contributed by atoms with Gasteiger partial charge < -0.3 is 18.9 Å². The number of carbonyl (C=O) groups is 2. The summed E-state index contributed by atoms with van der Waals surface area (Å²) < 4.78 is 22.0. The van der Waals surface area contributed by atoms with Gasteiger partial charge in [-0.15, -0.1) is 0 Å². The Balaban J connectivity index is 0.00000118. The molecule has 1 unspecified atom stereocenters. The van der Waals surface area contributed by atoms with Crippen molar-refractivity contribution in [3.8, 4) is 11.5 Å². The van der Waals surface area contributed by atoms with Crippen LogP contribution in [-0.4, -0.2) is 45.8 Å². The second-order valence-corrected chi connectivity index (χ2v) is 10.6. The molecule has 1 aliphatic carbocycles. The summed E-state index contributed by atoms with van der Waals surface area (Å²) >= 11 is 0. The van der Waals surface area contributed by atoms with Gasteiger partial charge in [-0.2, -0.15) is 0 Å². The van der Waals surface area contributed by atoms with Crippen molar-refractivity contribution in [2.45, 2.75) is 11.8 Å². The molecular weight excluding hydrogens is 588 g/mol. The molecule has 0 fully saturated rings. The first kappa shape index (κ1) is 34.4. The number of methoxy groups -OCH3 is 1. The van der Waals surface area contributed by atoms with Crippen LogP contribution in [0.4, 0.5) is 0 Å². The Bertz CT molecular complexity index is 1690. The first-order valence-corrected chi connectivity index (χ1v) is 15.3. The second kappa shape index (κ2) is 17.3. The molecule has 0 N–H and O–H groups in total. The highest BCUT2D eigenvalue weighted by Gasteiger charge is 2.40. The Morgan fingerprint density at radius 1 is 0.745 bits per heavy atom. The van der Waals surface area contributed by atoms with Gasteiger partial charge in [0.15, 0.2) is 0 Å². The Morgan fingerprint density at radius 2 is 1.30 bits per heavy atom. The number of aldehydes is 1. The lowest BCUT2D eigenvalue weighted by Crippen LogP contribution is -2.32. The molecule has 47 heavy (non-hydrogen) atoms. The van der Waals surface area contributed by atoms with Crippen LogP contribution in [0.5, 0.6) is 11.5 Å². The molecule has 5 rings (SSSR count). The Hall–Kier alpha value is -5.46. The van der Waals surface area contributed by atoms with Gasteiger partial charge in [-0.05, 0) is 75.7 Å². The summed E-state index contributed by atoms with van der Waals surface area (Å²) in [5.41, 5.74) is 7.20. The molecule has 0 aliphatic heterocycles. The topological polar surface area (TPSA) is 71.1 Å². The van der Waals surface area contributed by atoms with Crippen molar-refractivity contribution >= 4 is 18.3 Å². The summed E-state index contributed by atoms with van der Waals surface area (Å²) in [5.74, 6) is 0.991. The monoisotopic (exact) mass is 628 g/mol. The largest absolute Gasteiger partial charge is 0.491 e. The predicted octanol–water partition coefficient (Wildman–Crippen LogP) is 7.70. The fourth-order valence-corrected chi connectivity index (χ4v) is 5.65. The van der Waals surface area contributed by atoms with Crippen molar-refractivity contribution in [2.75, 3.05) is 33.5 Å². The quantitative estimate of drug-likeness (QED) is 0.0693. The minimum Gasteiger partial charge on any atom is -0.491 e. The summed E-state index contributed by atoms with van der Waals surface area (Å²) in [6.07, 6.45) is 8.07. The third-order valence-corrected chi connectivity index (χ3v) is 7.79. The smallest absolute Gasteiger partial charge is 0.330 e. The van der Waals surface area contributed by atoms with Crippen molar-refractivity contribution in [1.82, 2.24) is 0 Å². The van der Waals surface area contributed by atoms with Gasteiger partial charge in [-0.25, -0.2) is 4.79 Å². The van der Waals surface area contributed by atoms with Gasteiger partial charge in [0.2, 0.25) is 0 Å². The van der Waals surface area contributed by atoms with Gasteiger partial charge >= 0.3 is 5.97 Å². The Morgan fingerprint density at radius 3 is 1.87 bits per heavy atom. The molecule has 1 atom stereocenters. The number of hydrogen-bond donors (Lipinski definition) is 0. The zero-order chi connectivity index (χ0) is 33.5. The van der Waals surface area contributed by atoms with Gasteiger partial charge in [0.05, 0.1) is 12.0 Å². The Labute approximate surface area is 277 Å². The molecule has 6 nitrogen and oxygen atoms in total. The number of hydrogen-bond acceptors (Lipinski definition) is 6. The number of benzene rings is 4. The molecule has 240 valence electrons. The van der Waals surface area contributed by atoms with Gasteiger partial charge in [0, 0.05) is 13.2 Å². The fourth-order valence-electron chi connectivity index (χ4n) is 5.65. The fraction of sp³-hybridized carbons (Fsp3) is 0.171. The van der Waals surface area contributed by atoms with E-state index in [1.165, 1.54) is 28.3 Å². The molecule has 0 radical (unpaired) electrons. The minimum atomic E-state index is -0.696. The average Bonchev–Trinajstić information content (AvgIpc) is 3.16. The molecule has 0 saturated carbocycles. The lowest BCUT2D eigenvalue weighted by Gasteiger charge is -2.38. The van der Waals surface area contributed by atoms with E-state index in [1.807, 2.05) is 24.3 Å². The van der Waals surface area contributed by atoms with Crippen molar-refractivity contribution in [3.05, 3.63) is 174 Å². The van der Waals surface area contributed by atoms with Crippen LogP contribution in [0.3, 0.4) is 0 Å². The first-order valence-electron chi connectivity index (χ1n) is 15.3. The van der Waals surface area contributed by atoms with E-state index in [2.05, 4.69) is 98.1 Å². The molecular formula is C41H40O6. The summed E-state index contributed by atoms with van der Waals surface area (Å²) in [5, 5.41) is 0. The maximum Gasteiger partial charge on any atom is 0.330 e. The number of carbonyl (C=O) groups excluding carboxylic acids is 2. The van der Waals surface area contributed by atoms with Crippen molar-refractivity contribution in [1.29, 1.82) is 0 Å². The lowest BCUT2D eigenvalue weighted by atomic mass is 9.63. The second-order valence-electron chi connectivity index (χ2n) is 10.6. The highest BCUT2D eigenvalue weighted by molar-refractivity contribution is 5.81. The standard InChI is InChI=1S/C38H36O5.C3H4O/c1-4-37(39)43-26-25-42-35-21-17-33(18-22-35)38(32-15-19-34(20-16-32)41-24-23-40-3)28(2)13-14-29-9-5-6-10-30(29)27-31-11-7-8-12-36(31)38;1-2-3-4/h4-22H,1-2,23-27H2,3H3;2-3H,1H2/b14-13-;. The van der Waals surface area contributed by atoms with Gasteiger partial charge in [0.25, 0.3) is 0 Å². The van der Waals surface area contributed by atoms with Crippen LogP contribution >= 0.6 is 0 Å². The Kier molecular flexibility index (Phi) is 12.7. The van der Waals surface area contributed by atoms with Crippen LogP contribution in [0.1, 0.15) is 33.4 Å². The van der Waals surface area contributed by atoms with Gasteiger partial charge in [-0.3, -0.25) is 4.79 Å². The molecule has 1 aliphatic rings. The third-order valence-electron chi connectivity index (χ3n) is 7.79. The van der Waals surface area contributed by atoms with E-state index in [1.54, 1.807) is 7.11 Å². The number of allylic oxidation sites excluding steroid dienone is 3. The van der Waals surface area contributed by atoms with E-state index in [9.17, 15) is 4.79 Å². The lowest BCUT2D eigenvalue weighted by molar-refractivity contribution is -0.138. The normalized spacial score (nSPS) is 15.5. The van der Waals surface area contributed by atoms with Crippen molar-refractivity contribution < 1.29 is 28.5 Å². The zero-order valence-electron chi connectivity index (χ0n) is 26.7. The van der Waals surface area contributed by atoms with E-state index in [0.29, 0.717) is 25.2 Å². The van der Waals surface area contributed by atoms with E-state index >= 15 is 0 Å². The first-order chi connectivity index (χ1) is 23.0. The molecule has 0 spiro atoms. The van der Waals surface area contributed by atoms with E-state index in [4.69, 9.17) is 30.3 Å². The van der Waals surface area contributed by atoms with Crippen molar-refractivity contribution in [2.24, 2.45) is 0 Å². The SMILES string of the molecule is C=CC(=O)OCCOc1ccc(C2(c3ccc(OCCOC)cc3)C(=C)/C=C\c3ccccc3Cc3ccccc32)cc1.C=CC=O. The third kappa shape index (κ3) is 8.43. The summed E-state index contributed by atoms with van der Waals surface area (Å²) in [7, 11) is 1.66. The van der Waals surface area contributed by atoms with Gasteiger partial charge in [0.1, 0.15) is 37.6 Å².